The summed E-state index contributed by atoms with van der Waals surface area (Å²) in [5.74, 6) is 0.463. The van der Waals surface area contributed by atoms with Crippen molar-refractivity contribution in [2.24, 2.45) is 0 Å². The first kappa shape index (κ1) is 13.4. The van der Waals surface area contributed by atoms with Crippen LogP contribution in [0, 0.1) is 0 Å². The lowest BCUT2D eigenvalue weighted by Gasteiger charge is -2.01. The fraction of sp³-hybridized carbons (Fsp3) is 0.0714. The van der Waals surface area contributed by atoms with E-state index in [9.17, 15) is 13.5 Å². The van der Waals surface area contributed by atoms with Crippen LogP contribution in [0.5, 0.6) is 5.75 Å². The fourth-order valence-electron chi connectivity index (χ4n) is 2.10. The highest BCUT2D eigenvalue weighted by Crippen LogP contribution is 2.30. The van der Waals surface area contributed by atoms with E-state index in [4.69, 9.17) is 5.73 Å². The molecule has 6 nitrogen and oxygen atoms in total. The van der Waals surface area contributed by atoms with E-state index in [0.29, 0.717) is 28.1 Å². The van der Waals surface area contributed by atoms with Crippen LogP contribution in [-0.2, 0) is 9.84 Å². The Kier molecular flexibility index (Phi) is 2.87. The Balaban J connectivity index is 2.17. The Morgan fingerprint density at radius 2 is 1.95 bits per heavy atom. The van der Waals surface area contributed by atoms with Crippen LogP contribution in [0.15, 0.2) is 41.3 Å². The fourth-order valence-corrected chi connectivity index (χ4v) is 2.74. The molecule has 1 heterocycles. The number of anilines is 1. The number of hydrogen-bond donors (Lipinski definition) is 3. The number of rotatable bonds is 2. The number of hydrogen-bond acceptors (Lipinski definition) is 5. The third-order valence-electron chi connectivity index (χ3n) is 3.16. The summed E-state index contributed by atoms with van der Waals surface area (Å²) in [6, 6.07) is 9.40. The lowest BCUT2D eigenvalue weighted by molar-refractivity contribution is 0.477. The molecule has 3 aromatic rings. The van der Waals surface area contributed by atoms with Crippen molar-refractivity contribution in [3.8, 4) is 17.1 Å². The van der Waals surface area contributed by atoms with Gasteiger partial charge in [-0.1, -0.05) is 0 Å². The van der Waals surface area contributed by atoms with E-state index < -0.39 is 9.84 Å². The molecule has 0 aliphatic carbocycles. The van der Waals surface area contributed by atoms with E-state index in [2.05, 4.69) is 9.97 Å². The van der Waals surface area contributed by atoms with Gasteiger partial charge in [0.1, 0.15) is 11.6 Å². The van der Waals surface area contributed by atoms with Gasteiger partial charge in [-0.3, -0.25) is 0 Å². The average molecular weight is 303 g/mol. The van der Waals surface area contributed by atoms with Gasteiger partial charge in [0.25, 0.3) is 0 Å². The monoisotopic (exact) mass is 303 g/mol. The Labute approximate surface area is 121 Å². The molecule has 108 valence electrons. The maximum absolute atomic E-state index is 11.6. The highest BCUT2D eigenvalue weighted by molar-refractivity contribution is 7.90. The summed E-state index contributed by atoms with van der Waals surface area (Å²) < 4.78 is 23.1. The number of aromatic amines is 1. The number of phenolic OH excluding ortho intramolecular Hbond substituents is 1. The first-order valence-corrected chi connectivity index (χ1v) is 8.02. The minimum atomic E-state index is -3.28. The molecule has 0 saturated carbocycles. The molecule has 7 heteroatoms. The molecule has 0 radical (unpaired) electrons. The first-order chi connectivity index (χ1) is 9.84. The van der Waals surface area contributed by atoms with Crippen molar-refractivity contribution in [1.82, 2.24) is 9.97 Å². The average Bonchev–Trinajstić information content (AvgIpc) is 2.79. The molecular weight excluding hydrogens is 290 g/mol. The highest BCUT2D eigenvalue weighted by atomic mass is 32.2. The van der Waals surface area contributed by atoms with Crippen LogP contribution in [0.25, 0.3) is 22.4 Å². The van der Waals surface area contributed by atoms with Crippen molar-refractivity contribution >= 4 is 26.6 Å². The molecule has 0 aliphatic heterocycles. The molecule has 0 aliphatic rings. The number of nitrogens with two attached hydrogens (primary N) is 1. The minimum Gasteiger partial charge on any atom is -0.507 e. The topological polar surface area (TPSA) is 109 Å². The number of fused-ring (bicyclic) bond motifs is 1. The van der Waals surface area contributed by atoms with Crippen molar-refractivity contribution in [1.29, 1.82) is 0 Å². The summed E-state index contributed by atoms with van der Waals surface area (Å²) in [6.07, 6.45) is 1.15. The van der Waals surface area contributed by atoms with Gasteiger partial charge in [-0.2, -0.15) is 0 Å². The van der Waals surface area contributed by atoms with Gasteiger partial charge in [0.15, 0.2) is 9.84 Å². The number of aromatic nitrogens is 2. The van der Waals surface area contributed by atoms with Crippen LogP contribution in [0.1, 0.15) is 0 Å². The van der Waals surface area contributed by atoms with Gasteiger partial charge >= 0.3 is 0 Å². The van der Waals surface area contributed by atoms with Crippen molar-refractivity contribution in [3.63, 3.8) is 0 Å². The largest absolute Gasteiger partial charge is 0.507 e. The number of sulfone groups is 1. The van der Waals surface area contributed by atoms with Crippen LogP contribution < -0.4 is 5.73 Å². The summed E-state index contributed by atoms with van der Waals surface area (Å²) in [5.41, 5.74) is 7.75. The lowest BCUT2D eigenvalue weighted by atomic mass is 10.2. The van der Waals surface area contributed by atoms with Crippen molar-refractivity contribution in [2.75, 3.05) is 12.0 Å². The molecule has 0 saturated heterocycles. The molecule has 0 amide bonds. The van der Waals surface area contributed by atoms with Crippen molar-refractivity contribution in [2.45, 2.75) is 4.90 Å². The summed E-state index contributed by atoms with van der Waals surface area (Å²) >= 11 is 0. The normalized spacial score (nSPS) is 11.9. The molecule has 21 heavy (non-hydrogen) atoms. The van der Waals surface area contributed by atoms with Crippen LogP contribution in [0.3, 0.4) is 0 Å². The van der Waals surface area contributed by atoms with Crippen molar-refractivity contribution < 1.29 is 13.5 Å². The van der Waals surface area contributed by atoms with Gasteiger partial charge in [-0.15, -0.1) is 0 Å². The third kappa shape index (κ3) is 2.43. The zero-order valence-corrected chi connectivity index (χ0v) is 12.0. The van der Waals surface area contributed by atoms with E-state index in [1.54, 1.807) is 18.2 Å². The number of imidazole rings is 1. The molecule has 4 N–H and O–H groups in total. The third-order valence-corrected chi connectivity index (χ3v) is 4.27. The Morgan fingerprint density at radius 3 is 2.62 bits per heavy atom. The van der Waals surface area contributed by atoms with E-state index >= 15 is 0 Å². The van der Waals surface area contributed by atoms with Gasteiger partial charge in [0, 0.05) is 18.0 Å². The quantitative estimate of drug-likeness (QED) is 0.627. The van der Waals surface area contributed by atoms with Gasteiger partial charge in [-0.25, -0.2) is 13.4 Å². The molecule has 2 aromatic carbocycles. The number of nitrogens with one attached hydrogen (secondary N) is 1. The number of nitrogen functional groups attached to an aromatic ring is 1. The second-order valence-corrected chi connectivity index (χ2v) is 6.83. The zero-order valence-electron chi connectivity index (χ0n) is 11.2. The molecule has 1 aromatic heterocycles. The van der Waals surface area contributed by atoms with Crippen LogP contribution >= 0.6 is 0 Å². The minimum absolute atomic E-state index is 0.0115. The van der Waals surface area contributed by atoms with Crippen molar-refractivity contribution in [3.05, 3.63) is 36.4 Å². The molecule has 0 bridgehead atoms. The Hall–Kier alpha value is -2.54. The standard InChI is InChI=1S/C14H13N3O3S/c1-21(19,20)9-3-5-11-12(7-9)17-14(16-11)10-4-2-8(15)6-13(10)18/h2-7,18H,15H2,1H3,(H,16,17). The SMILES string of the molecule is CS(=O)(=O)c1ccc2nc(-c3ccc(N)cc3O)[nH]c2c1. The van der Waals surface area contributed by atoms with Gasteiger partial charge in [0.2, 0.25) is 0 Å². The predicted molar refractivity (Wildman–Crippen MR) is 80.7 cm³/mol. The number of nitrogens with zero attached hydrogens (tertiary/aromatic N) is 1. The number of benzene rings is 2. The van der Waals surface area contributed by atoms with Crippen LogP contribution in [0.4, 0.5) is 5.69 Å². The number of H-pyrrole nitrogens is 1. The van der Waals surface area contributed by atoms with Crippen LogP contribution in [0.2, 0.25) is 0 Å². The summed E-state index contributed by atoms with van der Waals surface area (Å²) in [6.45, 7) is 0. The van der Waals surface area contributed by atoms with E-state index in [-0.39, 0.29) is 10.6 Å². The lowest BCUT2D eigenvalue weighted by Crippen LogP contribution is -1.96. The summed E-state index contributed by atoms with van der Waals surface area (Å²) in [7, 11) is -3.28. The zero-order chi connectivity index (χ0) is 15.2. The van der Waals surface area contributed by atoms with E-state index in [1.807, 2.05) is 0 Å². The molecule has 0 fully saturated rings. The van der Waals surface area contributed by atoms with Gasteiger partial charge in [-0.05, 0) is 30.3 Å². The number of phenols is 1. The van der Waals surface area contributed by atoms with Gasteiger partial charge in [0.05, 0.1) is 21.5 Å². The molecule has 0 spiro atoms. The molecule has 3 rings (SSSR count). The second kappa shape index (κ2) is 4.49. The smallest absolute Gasteiger partial charge is 0.175 e. The maximum Gasteiger partial charge on any atom is 0.175 e. The first-order valence-electron chi connectivity index (χ1n) is 6.13. The highest BCUT2D eigenvalue weighted by Gasteiger charge is 2.13. The van der Waals surface area contributed by atoms with E-state index in [1.165, 1.54) is 18.2 Å². The predicted octanol–water partition coefficient (Wildman–Crippen LogP) is 1.92. The van der Waals surface area contributed by atoms with E-state index in [0.717, 1.165) is 6.26 Å². The second-order valence-electron chi connectivity index (χ2n) is 4.81. The molecule has 0 atom stereocenters. The molecular formula is C14H13N3O3S. The Bertz CT molecular complexity index is 945. The maximum atomic E-state index is 11.6. The summed E-state index contributed by atoms with van der Waals surface area (Å²) in [4.78, 5) is 7.57. The van der Waals surface area contributed by atoms with Crippen LogP contribution in [-0.4, -0.2) is 29.7 Å². The number of aromatic hydroxyl groups is 1. The summed E-state index contributed by atoms with van der Waals surface area (Å²) in [5, 5.41) is 9.92. The van der Waals surface area contributed by atoms with Gasteiger partial charge < -0.3 is 15.8 Å². The molecule has 0 unspecified atom stereocenters. The Morgan fingerprint density at radius 1 is 1.19 bits per heavy atom.